The predicted octanol–water partition coefficient (Wildman–Crippen LogP) is 1.38. The molecule has 5 heteroatoms. The van der Waals surface area contributed by atoms with E-state index in [4.69, 9.17) is 5.73 Å². The van der Waals surface area contributed by atoms with E-state index < -0.39 is 0 Å². The second-order valence-electron chi connectivity index (χ2n) is 7.42. The van der Waals surface area contributed by atoms with Crippen molar-refractivity contribution in [1.82, 2.24) is 10.2 Å². The number of nitrogens with two attached hydrogens (primary N) is 1. The Bertz CT molecular complexity index is 648. The maximum atomic E-state index is 12.6. The van der Waals surface area contributed by atoms with Gasteiger partial charge in [-0.2, -0.15) is 0 Å². The molecule has 1 aromatic rings. The number of carbonyl (C=O) groups excluding carboxylic acids is 2. The summed E-state index contributed by atoms with van der Waals surface area (Å²) in [5.74, 6) is 0.665. The minimum Gasteiger partial charge on any atom is -0.351 e. The fraction of sp³-hybridized carbons (Fsp3) is 0.579. The monoisotopic (exact) mass is 327 g/mol. The number of amides is 2. The van der Waals surface area contributed by atoms with Crippen LogP contribution in [0.5, 0.6) is 0 Å². The van der Waals surface area contributed by atoms with E-state index in [0.29, 0.717) is 19.0 Å². The molecule has 3 aliphatic rings. The molecule has 1 heterocycles. The third-order valence-corrected chi connectivity index (χ3v) is 5.72. The number of carbonyl (C=O) groups is 2. The van der Waals surface area contributed by atoms with Crippen LogP contribution in [0.15, 0.2) is 24.3 Å². The highest BCUT2D eigenvalue weighted by Gasteiger charge is 2.37. The Morgan fingerprint density at radius 3 is 2.42 bits per heavy atom. The van der Waals surface area contributed by atoms with Crippen molar-refractivity contribution in [1.29, 1.82) is 0 Å². The molecule has 0 radical (unpaired) electrons. The molecule has 1 aliphatic heterocycles. The molecule has 2 atom stereocenters. The number of nitrogens with one attached hydrogen (secondary N) is 1. The first-order valence-corrected chi connectivity index (χ1v) is 9.06. The Kier molecular flexibility index (Phi) is 4.04. The highest BCUT2D eigenvalue weighted by Crippen LogP contribution is 2.33. The van der Waals surface area contributed by atoms with Gasteiger partial charge in [-0.15, -0.1) is 0 Å². The fourth-order valence-corrected chi connectivity index (χ4v) is 4.02. The van der Waals surface area contributed by atoms with E-state index in [-0.39, 0.29) is 29.8 Å². The quantitative estimate of drug-likeness (QED) is 0.880. The average Bonchev–Trinajstić information content (AvgIpc) is 3.41. The zero-order chi connectivity index (χ0) is 16.7. The molecule has 1 saturated carbocycles. The van der Waals surface area contributed by atoms with E-state index in [1.165, 1.54) is 5.56 Å². The maximum Gasteiger partial charge on any atom is 0.225 e. The van der Waals surface area contributed by atoms with Gasteiger partial charge in [0.05, 0.1) is 12.1 Å². The molecule has 4 rings (SSSR count). The van der Waals surface area contributed by atoms with Crippen LogP contribution in [0.2, 0.25) is 0 Å². The van der Waals surface area contributed by atoms with Crippen molar-refractivity contribution in [2.24, 2.45) is 17.6 Å². The summed E-state index contributed by atoms with van der Waals surface area (Å²) in [5, 5.41) is 3.16. The number of likely N-dealkylation sites (tertiary alicyclic amines) is 1. The van der Waals surface area contributed by atoms with Crippen LogP contribution >= 0.6 is 0 Å². The molecule has 0 bridgehead atoms. The molecular weight excluding hydrogens is 302 g/mol. The van der Waals surface area contributed by atoms with Crippen molar-refractivity contribution in [3.8, 4) is 0 Å². The lowest BCUT2D eigenvalue weighted by atomic mass is 9.95. The number of rotatable bonds is 3. The van der Waals surface area contributed by atoms with Crippen LogP contribution in [0.1, 0.15) is 42.9 Å². The first-order valence-electron chi connectivity index (χ1n) is 9.06. The van der Waals surface area contributed by atoms with Crippen molar-refractivity contribution in [3.63, 3.8) is 0 Å². The van der Waals surface area contributed by atoms with Crippen LogP contribution in [0.4, 0.5) is 0 Å². The molecule has 5 nitrogen and oxygen atoms in total. The largest absolute Gasteiger partial charge is 0.351 e. The van der Waals surface area contributed by atoms with Crippen LogP contribution in [-0.4, -0.2) is 35.8 Å². The van der Waals surface area contributed by atoms with Crippen molar-refractivity contribution in [2.45, 2.75) is 44.2 Å². The molecule has 2 amide bonds. The van der Waals surface area contributed by atoms with Gasteiger partial charge in [-0.3, -0.25) is 9.59 Å². The summed E-state index contributed by atoms with van der Waals surface area (Å²) in [6.45, 7) is 1.43. The second kappa shape index (κ2) is 6.20. The second-order valence-corrected chi connectivity index (χ2v) is 7.42. The van der Waals surface area contributed by atoms with Gasteiger partial charge >= 0.3 is 0 Å². The molecule has 2 fully saturated rings. The molecule has 24 heavy (non-hydrogen) atoms. The fourth-order valence-electron chi connectivity index (χ4n) is 4.02. The molecule has 0 spiro atoms. The third-order valence-electron chi connectivity index (χ3n) is 5.72. The Labute approximate surface area is 142 Å². The summed E-state index contributed by atoms with van der Waals surface area (Å²) in [4.78, 5) is 26.6. The van der Waals surface area contributed by atoms with Gasteiger partial charge in [0.15, 0.2) is 0 Å². The van der Waals surface area contributed by atoms with Gasteiger partial charge in [-0.25, -0.2) is 0 Å². The minimum atomic E-state index is -0.123. The van der Waals surface area contributed by atoms with Gasteiger partial charge in [-0.1, -0.05) is 24.3 Å². The summed E-state index contributed by atoms with van der Waals surface area (Å²) in [5.41, 5.74) is 8.69. The molecule has 3 N–H and O–H groups in total. The maximum absolute atomic E-state index is 12.6. The number of nitrogens with zero attached hydrogens (tertiary/aromatic N) is 1. The molecule has 1 saturated heterocycles. The van der Waals surface area contributed by atoms with Crippen molar-refractivity contribution < 1.29 is 9.59 Å². The highest BCUT2D eigenvalue weighted by molar-refractivity contribution is 5.82. The van der Waals surface area contributed by atoms with Crippen molar-refractivity contribution in [3.05, 3.63) is 35.4 Å². The molecule has 128 valence electrons. The summed E-state index contributed by atoms with van der Waals surface area (Å²) < 4.78 is 0. The number of benzene rings is 1. The van der Waals surface area contributed by atoms with E-state index in [9.17, 15) is 9.59 Å². The highest BCUT2D eigenvalue weighted by atomic mass is 16.2. The standard InChI is InChI=1S/C19H25N3O2/c20-17-15-4-2-1-3-14(15)11-16(17)21-18(23)12-7-9-22(10-8-12)19(24)13-5-6-13/h1-4,12-13,16-17H,5-11,20H2,(H,21,23). The number of hydrogen-bond donors (Lipinski definition) is 2. The Morgan fingerprint density at radius 2 is 1.75 bits per heavy atom. The smallest absolute Gasteiger partial charge is 0.225 e. The summed E-state index contributed by atoms with van der Waals surface area (Å²) in [6, 6.07) is 8.01. The van der Waals surface area contributed by atoms with E-state index in [0.717, 1.165) is 37.7 Å². The third kappa shape index (κ3) is 2.93. The van der Waals surface area contributed by atoms with Crippen molar-refractivity contribution >= 4 is 11.8 Å². The molecule has 2 unspecified atom stereocenters. The van der Waals surface area contributed by atoms with E-state index in [2.05, 4.69) is 11.4 Å². The number of fused-ring (bicyclic) bond motifs is 1. The van der Waals surface area contributed by atoms with Crippen LogP contribution in [-0.2, 0) is 16.0 Å². The van der Waals surface area contributed by atoms with Gasteiger partial charge in [0.2, 0.25) is 11.8 Å². The van der Waals surface area contributed by atoms with Crippen molar-refractivity contribution in [2.75, 3.05) is 13.1 Å². The Balaban J connectivity index is 1.31. The topological polar surface area (TPSA) is 75.4 Å². The van der Waals surface area contributed by atoms with Crippen LogP contribution in [0.25, 0.3) is 0 Å². The zero-order valence-electron chi connectivity index (χ0n) is 13.9. The van der Waals surface area contributed by atoms with E-state index in [1.54, 1.807) is 0 Å². The lowest BCUT2D eigenvalue weighted by Crippen LogP contribution is -2.47. The van der Waals surface area contributed by atoms with Crippen LogP contribution in [0, 0.1) is 11.8 Å². The molecule has 0 aromatic heterocycles. The normalized spacial score (nSPS) is 27.0. The van der Waals surface area contributed by atoms with E-state index >= 15 is 0 Å². The lowest BCUT2D eigenvalue weighted by Gasteiger charge is -2.32. The van der Waals surface area contributed by atoms with E-state index in [1.807, 2.05) is 23.1 Å². The summed E-state index contributed by atoms with van der Waals surface area (Å²) >= 11 is 0. The molecule has 2 aliphatic carbocycles. The van der Waals surface area contributed by atoms with Gasteiger partial charge < -0.3 is 16.0 Å². The first kappa shape index (κ1) is 15.6. The SMILES string of the molecule is NC1c2ccccc2CC1NC(=O)C1CCN(C(=O)C2CC2)CC1. The summed E-state index contributed by atoms with van der Waals surface area (Å²) in [7, 11) is 0. The lowest BCUT2D eigenvalue weighted by molar-refractivity contribution is -0.136. The Morgan fingerprint density at radius 1 is 1.04 bits per heavy atom. The Hall–Kier alpha value is -1.88. The number of hydrogen-bond acceptors (Lipinski definition) is 3. The zero-order valence-corrected chi connectivity index (χ0v) is 13.9. The predicted molar refractivity (Wildman–Crippen MR) is 91.0 cm³/mol. The molecule has 1 aromatic carbocycles. The van der Waals surface area contributed by atoms with Crippen LogP contribution in [0.3, 0.4) is 0 Å². The number of piperidine rings is 1. The molecular formula is C19H25N3O2. The van der Waals surface area contributed by atoms with Crippen LogP contribution < -0.4 is 11.1 Å². The van der Waals surface area contributed by atoms with Gasteiger partial charge in [0.1, 0.15) is 0 Å². The summed E-state index contributed by atoms with van der Waals surface area (Å²) in [6.07, 6.45) is 4.42. The van der Waals surface area contributed by atoms with Gasteiger partial charge in [0.25, 0.3) is 0 Å². The first-order chi connectivity index (χ1) is 11.6. The average molecular weight is 327 g/mol. The minimum absolute atomic E-state index is 0.00386. The van der Waals surface area contributed by atoms with Gasteiger partial charge in [0, 0.05) is 24.9 Å². The van der Waals surface area contributed by atoms with Gasteiger partial charge in [-0.05, 0) is 43.2 Å².